The lowest BCUT2D eigenvalue weighted by atomic mass is 9.83. The van der Waals surface area contributed by atoms with Crippen molar-refractivity contribution < 1.29 is 4.79 Å². The Labute approximate surface area is 159 Å². The molecule has 1 aromatic heterocycles. The Bertz CT molecular complexity index is 552. The van der Waals surface area contributed by atoms with Gasteiger partial charge in [-0.3, -0.25) is 14.7 Å². The summed E-state index contributed by atoms with van der Waals surface area (Å²) in [6.07, 6.45) is 10.5. The van der Waals surface area contributed by atoms with Gasteiger partial charge in [-0.25, -0.2) is 0 Å². The van der Waals surface area contributed by atoms with Crippen molar-refractivity contribution in [2.45, 2.75) is 58.9 Å². The standard InChI is InChI=1S/C22H35N3O/c1-18(2)5-3-7-22(26)25-14-10-21(17-25)20-8-12-24(13-9-20)16-19-6-4-11-23-15-19/h4,6,11,15,18,20-21H,3,5,7-10,12-14,16-17H2,1-2H3/t21-/m1/s1. The molecule has 0 aromatic carbocycles. The van der Waals surface area contributed by atoms with Gasteiger partial charge in [0.05, 0.1) is 0 Å². The Morgan fingerprint density at radius 2 is 1.96 bits per heavy atom. The van der Waals surface area contributed by atoms with Crippen LogP contribution in [0.15, 0.2) is 24.5 Å². The Hall–Kier alpha value is -1.42. The zero-order chi connectivity index (χ0) is 18.4. The number of carbonyl (C=O) groups excluding carboxylic acids is 1. The molecule has 1 aromatic rings. The molecule has 2 aliphatic heterocycles. The van der Waals surface area contributed by atoms with Crippen LogP contribution in [0.4, 0.5) is 0 Å². The number of hydrogen-bond donors (Lipinski definition) is 0. The highest BCUT2D eigenvalue weighted by atomic mass is 16.2. The SMILES string of the molecule is CC(C)CCCC(=O)N1CC[C@@H](C2CCN(Cc3cccnc3)CC2)C1. The average Bonchev–Trinajstić information content (AvgIpc) is 3.13. The molecule has 2 saturated heterocycles. The van der Waals surface area contributed by atoms with Crippen molar-refractivity contribution in [2.75, 3.05) is 26.2 Å². The lowest BCUT2D eigenvalue weighted by Gasteiger charge is -2.34. The fourth-order valence-electron chi connectivity index (χ4n) is 4.55. The minimum atomic E-state index is 0.391. The van der Waals surface area contributed by atoms with Crippen LogP contribution in [0.1, 0.15) is 57.9 Å². The van der Waals surface area contributed by atoms with Crippen molar-refractivity contribution in [1.29, 1.82) is 0 Å². The Balaban J connectivity index is 1.38. The van der Waals surface area contributed by atoms with Gasteiger partial charge in [-0.1, -0.05) is 26.3 Å². The van der Waals surface area contributed by atoms with Gasteiger partial charge in [0, 0.05) is 38.4 Å². The molecule has 0 saturated carbocycles. The molecule has 1 amide bonds. The molecule has 1 atom stereocenters. The number of amides is 1. The normalized spacial score (nSPS) is 22.3. The summed E-state index contributed by atoms with van der Waals surface area (Å²) in [6.45, 7) is 9.84. The molecule has 144 valence electrons. The van der Waals surface area contributed by atoms with Gasteiger partial charge in [0.25, 0.3) is 0 Å². The second kappa shape index (κ2) is 9.50. The summed E-state index contributed by atoms with van der Waals surface area (Å²) in [4.78, 5) is 21.3. The summed E-state index contributed by atoms with van der Waals surface area (Å²) in [5.41, 5.74) is 1.31. The van der Waals surface area contributed by atoms with Crippen molar-refractivity contribution in [3.63, 3.8) is 0 Å². The van der Waals surface area contributed by atoms with E-state index in [1.807, 2.05) is 18.5 Å². The lowest BCUT2D eigenvalue weighted by molar-refractivity contribution is -0.130. The molecule has 4 heteroatoms. The van der Waals surface area contributed by atoms with Gasteiger partial charge in [0.1, 0.15) is 0 Å². The minimum absolute atomic E-state index is 0.391. The highest BCUT2D eigenvalue weighted by Gasteiger charge is 2.33. The van der Waals surface area contributed by atoms with Gasteiger partial charge in [-0.2, -0.15) is 0 Å². The van der Waals surface area contributed by atoms with E-state index in [4.69, 9.17) is 0 Å². The van der Waals surface area contributed by atoms with Crippen molar-refractivity contribution in [2.24, 2.45) is 17.8 Å². The van der Waals surface area contributed by atoms with Gasteiger partial charge in [0.2, 0.25) is 5.91 Å². The second-order valence-electron chi connectivity index (χ2n) is 8.65. The van der Waals surface area contributed by atoms with Crippen LogP contribution in [0.2, 0.25) is 0 Å². The molecular formula is C22H35N3O. The topological polar surface area (TPSA) is 36.4 Å². The first-order chi connectivity index (χ1) is 12.6. The quantitative estimate of drug-likeness (QED) is 0.741. The van der Waals surface area contributed by atoms with E-state index >= 15 is 0 Å². The summed E-state index contributed by atoms with van der Waals surface area (Å²) in [5.74, 6) is 2.62. The fraction of sp³-hybridized carbons (Fsp3) is 0.727. The van der Waals surface area contributed by atoms with Gasteiger partial charge in [-0.05, 0) is 68.2 Å². The van der Waals surface area contributed by atoms with Crippen LogP contribution in [-0.4, -0.2) is 46.9 Å². The number of piperidine rings is 1. The zero-order valence-corrected chi connectivity index (χ0v) is 16.6. The summed E-state index contributed by atoms with van der Waals surface area (Å²) in [5, 5.41) is 0. The number of aromatic nitrogens is 1. The molecule has 0 bridgehead atoms. The second-order valence-corrected chi connectivity index (χ2v) is 8.65. The molecule has 4 nitrogen and oxygen atoms in total. The number of likely N-dealkylation sites (tertiary alicyclic amines) is 2. The Morgan fingerprint density at radius 3 is 2.65 bits per heavy atom. The van der Waals surface area contributed by atoms with Crippen LogP contribution in [-0.2, 0) is 11.3 Å². The van der Waals surface area contributed by atoms with Crippen molar-refractivity contribution in [3.8, 4) is 0 Å². The summed E-state index contributed by atoms with van der Waals surface area (Å²) < 4.78 is 0. The van der Waals surface area contributed by atoms with E-state index in [1.165, 1.54) is 44.3 Å². The van der Waals surface area contributed by atoms with Gasteiger partial charge in [-0.15, -0.1) is 0 Å². The minimum Gasteiger partial charge on any atom is -0.342 e. The number of pyridine rings is 1. The van der Waals surface area contributed by atoms with E-state index < -0.39 is 0 Å². The predicted octanol–water partition coefficient (Wildman–Crippen LogP) is 3.97. The first-order valence-corrected chi connectivity index (χ1v) is 10.5. The van der Waals surface area contributed by atoms with Crippen LogP contribution in [0, 0.1) is 17.8 Å². The maximum Gasteiger partial charge on any atom is 0.222 e. The average molecular weight is 358 g/mol. The predicted molar refractivity (Wildman–Crippen MR) is 106 cm³/mol. The van der Waals surface area contributed by atoms with Crippen LogP contribution in [0.3, 0.4) is 0 Å². The number of rotatable bonds is 7. The smallest absolute Gasteiger partial charge is 0.222 e. The maximum atomic E-state index is 12.4. The molecule has 0 N–H and O–H groups in total. The van der Waals surface area contributed by atoms with E-state index in [0.717, 1.165) is 44.3 Å². The van der Waals surface area contributed by atoms with Crippen LogP contribution in [0.25, 0.3) is 0 Å². The summed E-state index contributed by atoms with van der Waals surface area (Å²) in [6, 6.07) is 4.19. The number of nitrogens with zero attached hydrogens (tertiary/aromatic N) is 3. The van der Waals surface area contributed by atoms with Crippen LogP contribution >= 0.6 is 0 Å². The molecular weight excluding hydrogens is 322 g/mol. The van der Waals surface area contributed by atoms with E-state index in [2.05, 4.69) is 34.7 Å². The first kappa shape index (κ1) is 19.3. The molecule has 3 heterocycles. The van der Waals surface area contributed by atoms with Gasteiger partial charge in [0.15, 0.2) is 0 Å². The van der Waals surface area contributed by atoms with Crippen LogP contribution < -0.4 is 0 Å². The van der Waals surface area contributed by atoms with Crippen molar-refractivity contribution in [1.82, 2.24) is 14.8 Å². The van der Waals surface area contributed by atoms with Crippen LogP contribution in [0.5, 0.6) is 0 Å². The summed E-state index contributed by atoms with van der Waals surface area (Å²) >= 11 is 0. The molecule has 26 heavy (non-hydrogen) atoms. The highest BCUT2D eigenvalue weighted by molar-refractivity contribution is 5.76. The van der Waals surface area contributed by atoms with Gasteiger partial charge < -0.3 is 4.90 Å². The molecule has 2 aliphatic rings. The molecule has 0 radical (unpaired) electrons. The van der Waals surface area contributed by atoms with E-state index in [0.29, 0.717) is 11.8 Å². The number of hydrogen-bond acceptors (Lipinski definition) is 3. The summed E-state index contributed by atoms with van der Waals surface area (Å²) in [7, 11) is 0. The maximum absolute atomic E-state index is 12.4. The Morgan fingerprint density at radius 1 is 1.19 bits per heavy atom. The third kappa shape index (κ3) is 5.54. The third-order valence-corrected chi connectivity index (χ3v) is 6.18. The fourth-order valence-corrected chi connectivity index (χ4v) is 4.55. The third-order valence-electron chi connectivity index (χ3n) is 6.18. The van der Waals surface area contributed by atoms with Gasteiger partial charge >= 0.3 is 0 Å². The molecule has 0 spiro atoms. The van der Waals surface area contributed by atoms with E-state index in [1.54, 1.807) is 0 Å². The highest BCUT2D eigenvalue weighted by Crippen LogP contribution is 2.32. The number of carbonyl (C=O) groups is 1. The molecule has 0 unspecified atom stereocenters. The van der Waals surface area contributed by atoms with Crippen molar-refractivity contribution in [3.05, 3.63) is 30.1 Å². The molecule has 2 fully saturated rings. The molecule has 3 rings (SSSR count). The van der Waals surface area contributed by atoms with E-state index in [9.17, 15) is 4.79 Å². The largest absolute Gasteiger partial charge is 0.342 e. The first-order valence-electron chi connectivity index (χ1n) is 10.5. The van der Waals surface area contributed by atoms with E-state index in [-0.39, 0.29) is 0 Å². The monoisotopic (exact) mass is 357 g/mol. The Kier molecular flexibility index (Phi) is 7.07. The lowest BCUT2D eigenvalue weighted by Crippen LogP contribution is -2.37. The zero-order valence-electron chi connectivity index (χ0n) is 16.6. The molecule has 0 aliphatic carbocycles. The van der Waals surface area contributed by atoms with Crippen molar-refractivity contribution >= 4 is 5.91 Å².